The van der Waals surface area contributed by atoms with Gasteiger partial charge in [0.25, 0.3) is 0 Å². The number of aromatic carboxylic acids is 1. The molecule has 0 spiro atoms. The predicted molar refractivity (Wildman–Crippen MR) is 62.1 cm³/mol. The molecule has 2 aromatic rings. The molecule has 0 aliphatic rings. The first-order chi connectivity index (χ1) is 8.95. The van der Waals surface area contributed by atoms with Gasteiger partial charge in [-0.3, -0.25) is 0 Å². The molecule has 0 bridgehead atoms. The normalized spacial score (nSPS) is 10.5. The van der Waals surface area contributed by atoms with Crippen LogP contribution < -0.4 is 4.74 Å². The van der Waals surface area contributed by atoms with Gasteiger partial charge in [0.05, 0.1) is 17.7 Å². The van der Waals surface area contributed by atoms with Crippen molar-refractivity contribution in [2.24, 2.45) is 0 Å². The summed E-state index contributed by atoms with van der Waals surface area (Å²) in [6.45, 7) is 0. The molecule has 19 heavy (non-hydrogen) atoms. The molecule has 2 rings (SSSR count). The van der Waals surface area contributed by atoms with Crippen molar-refractivity contribution in [3.8, 4) is 22.8 Å². The van der Waals surface area contributed by atoms with E-state index in [-0.39, 0.29) is 22.0 Å². The van der Waals surface area contributed by atoms with Gasteiger partial charge < -0.3 is 19.5 Å². The number of aromatic nitrogens is 1. The lowest BCUT2D eigenvalue weighted by Gasteiger charge is -2.08. The molecular formula is C11H7ClFNO5. The SMILES string of the molecule is COc1c(Cl)cc(-c2cc(C(=O)O)on2)c(O)c1F. The number of carbonyl (C=O) groups is 1. The molecule has 0 aliphatic carbocycles. The molecule has 6 nitrogen and oxygen atoms in total. The smallest absolute Gasteiger partial charge is 0.374 e. The topological polar surface area (TPSA) is 92.8 Å². The van der Waals surface area contributed by atoms with Crippen LogP contribution in [0.25, 0.3) is 11.3 Å². The minimum absolute atomic E-state index is 0.0571. The number of carboxylic acid groups (broad SMARTS) is 1. The molecule has 1 aromatic carbocycles. The summed E-state index contributed by atoms with van der Waals surface area (Å²) in [6.07, 6.45) is 0. The van der Waals surface area contributed by atoms with Crippen LogP contribution in [-0.2, 0) is 0 Å². The monoisotopic (exact) mass is 287 g/mol. The summed E-state index contributed by atoms with van der Waals surface area (Å²) >= 11 is 5.78. The van der Waals surface area contributed by atoms with Crippen LogP contribution in [0.15, 0.2) is 16.7 Å². The summed E-state index contributed by atoms with van der Waals surface area (Å²) in [5, 5.41) is 21.7. The van der Waals surface area contributed by atoms with Crippen LogP contribution in [0.2, 0.25) is 5.02 Å². The molecule has 1 aromatic heterocycles. The Balaban J connectivity index is 2.59. The lowest BCUT2D eigenvalue weighted by atomic mass is 10.1. The summed E-state index contributed by atoms with van der Waals surface area (Å²) in [5.41, 5.74) is -0.155. The number of hydrogen-bond acceptors (Lipinski definition) is 5. The first-order valence-electron chi connectivity index (χ1n) is 4.91. The highest BCUT2D eigenvalue weighted by Crippen LogP contribution is 2.40. The van der Waals surface area contributed by atoms with E-state index in [2.05, 4.69) is 14.4 Å². The fraction of sp³-hybridized carbons (Fsp3) is 0.0909. The Hall–Kier alpha value is -2.28. The van der Waals surface area contributed by atoms with Gasteiger partial charge in [0.2, 0.25) is 11.6 Å². The molecule has 100 valence electrons. The van der Waals surface area contributed by atoms with Gasteiger partial charge in [0.15, 0.2) is 11.5 Å². The van der Waals surface area contributed by atoms with Crippen molar-refractivity contribution in [3.05, 3.63) is 28.7 Å². The number of ether oxygens (including phenoxy) is 1. The van der Waals surface area contributed by atoms with Crippen LogP contribution >= 0.6 is 11.6 Å². The van der Waals surface area contributed by atoms with Gasteiger partial charge >= 0.3 is 5.97 Å². The zero-order valence-electron chi connectivity index (χ0n) is 9.48. The minimum Gasteiger partial charge on any atom is -0.504 e. The Morgan fingerprint density at radius 3 is 2.74 bits per heavy atom. The summed E-state index contributed by atoms with van der Waals surface area (Å²) in [7, 11) is 1.20. The molecule has 0 atom stereocenters. The van der Waals surface area contributed by atoms with E-state index in [0.29, 0.717) is 0 Å². The Kier molecular flexibility index (Phi) is 3.30. The van der Waals surface area contributed by atoms with Gasteiger partial charge in [-0.15, -0.1) is 0 Å². The molecule has 0 fully saturated rings. The molecule has 8 heteroatoms. The third-order valence-electron chi connectivity index (χ3n) is 2.35. The standard InChI is InChI=1S/C11H7ClFNO5/c1-18-10-5(12)2-4(9(15)8(10)13)6-3-7(11(16)17)19-14-6/h2-3,15H,1H3,(H,16,17). The lowest BCUT2D eigenvalue weighted by molar-refractivity contribution is 0.0652. The van der Waals surface area contributed by atoms with Crippen molar-refractivity contribution in [2.75, 3.05) is 7.11 Å². The summed E-state index contributed by atoms with van der Waals surface area (Å²) < 4.78 is 22.9. The second-order valence-corrected chi connectivity index (χ2v) is 3.89. The van der Waals surface area contributed by atoms with E-state index in [1.807, 2.05) is 0 Å². The Morgan fingerprint density at radius 2 is 2.21 bits per heavy atom. The molecule has 0 aliphatic heterocycles. The van der Waals surface area contributed by atoms with Crippen LogP contribution in [0.4, 0.5) is 4.39 Å². The maximum absolute atomic E-state index is 13.7. The molecule has 0 unspecified atom stereocenters. The van der Waals surface area contributed by atoms with Crippen LogP contribution in [0.3, 0.4) is 0 Å². The van der Waals surface area contributed by atoms with Crippen LogP contribution in [0, 0.1) is 5.82 Å². The number of methoxy groups -OCH3 is 1. The number of phenolic OH excluding ortho intramolecular Hbond substituents is 1. The van der Waals surface area contributed by atoms with Gasteiger partial charge in [0.1, 0.15) is 5.69 Å². The van der Waals surface area contributed by atoms with E-state index in [1.54, 1.807) is 0 Å². The fourth-order valence-electron chi connectivity index (χ4n) is 1.48. The summed E-state index contributed by atoms with van der Waals surface area (Å²) in [6, 6.07) is 2.24. The molecule has 2 N–H and O–H groups in total. The molecule has 0 saturated carbocycles. The highest BCUT2D eigenvalue weighted by Gasteiger charge is 2.22. The molecule has 0 amide bonds. The van der Waals surface area contributed by atoms with Crippen molar-refractivity contribution in [1.29, 1.82) is 0 Å². The maximum Gasteiger partial charge on any atom is 0.374 e. The van der Waals surface area contributed by atoms with Gasteiger partial charge in [-0.1, -0.05) is 16.8 Å². The summed E-state index contributed by atoms with van der Waals surface area (Å²) in [5.74, 6) is -3.92. The fourth-order valence-corrected chi connectivity index (χ4v) is 1.75. The van der Waals surface area contributed by atoms with E-state index in [4.69, 9.17) is 16.7 Å². The van der Waals surface area contributed by atoms with E-state index < -0.39 is 23.3 Å². The number of halogens is 2. The van der Waals surface area contributed by atoms with Crippen molar-refractivity contribution in [1.82, 2.24) is 5.16 Å². The minimum atomic E-state index is -1.33. The van der Waals surface area contributed by atoms with Crippen molar-refractivity contribution in [2.45, 2.75) is 0 Å². The quantitative estimate of drug-likeness (QED) is 0.901. The van der Waals surface area contributed by atoms with E-state index in [9.17, 15) is 14.3 Å². The molecule has 0 radical (unpaired) electrons. The first-order valence-corrected chi connectivity index (χ1v) is 5.28. The third kappa shape index (κ3) is 2.19. The average molecular weight is 288 g/mol. The average Bonchev–Trinajstić information content (AvgIpc) is 2.84. The Bertz CT molecular complexity index is 655. The number of hydrogen-bond donors (Lipinski definition) is 2. The van der Waals surface area contributed by atoms with Gasteiger partial charge in [-0.05, 0) is 6.07 Å². The van der Waals surface area contributed by atoms with Crippen molar-refractivity contribution >= 4 is 17.6 Å². The van der Waals surface area contributed by atoms with Crippen molar-refractivity contribution < 1.29 is 28.7 Å². The molecular weight excluding hydrogens is 281 g/mol. The van der Waals surface area contributed by atoms with Gasteiger partial charge in [-0.25, -0.2) is 4.79 Å². The highest BCUT2D eigenvalue weighted by molar-refractivity contribution is 6.32. The number of rotatable bonds is 3. The van der Waals surface area contributed by atoms with Crippen LogP contribution in [-0.4, -0.2) is 28.4 Å². The van der Waals surface area contributed by atoms with Crippen LogP contribution in [0.1, 0.15) is 10.6 Å². The third-order valence-corrected chi connectivity index (χ3v) is 2.63. The van der Waals surface area contributed by atoms with E-state index in [1.165, 1.54) is 13.2 Å². The second kappa shape index (κ2) is 4.77. The Labute approximate surface area is 111 Å². The number of benzene rings is 1. The zero-order valence-corrected chi connectivity index (χ0v) is 10.2. The molecule has 0 saturated heterocycles. The number of aromatic hydroxyl groups is 1. The highest BCUT2D eigenvalue weighted by atomic mass is 35.5. The maximum atomic E-state index is 13.7. The van der Waals surface area contributed by atoms with Crippen LogP contribution in [0.5, 0.6) is 11.5 Å². The van der Waals surface area contributed by atoms with Gasteiger partial charge in [-0.2, -0.15) is 4.39 Å². The van der Waals surface area contributed by atoms with E-state index in [0.717, 1.165) is 6.07 Å². The number of carboxylic acids is 1. The lowest BCUT2D eigenvalue weighted by Crippen LogP contribution is -1.93. The second-order valence-electron chi connectivity index (χ2n) is 3.48. The first kappa shape index (κ1) is 13.2. The summed E-state index contributed by atoms with van der Waals surface area (Å²) in [4.78, 5) is 10.6. The van der Waals surface area contributed by atoms with Gasteiger partial charge in [0, 0.05) is 6.07 Å². The van der Waals surface area contributed by atoms with E-state index >= 15 is 0 Å². The zero-order chi connectivity index (χ0) is 14.2. The number of nitrogens with zero attached hydrogens (tertiary/aromatic N) is 1. The van der Waals surface area contributed by atoms with Crippen molar-refractivity contribution in [3.63, 3.8) is 0 Å². The number of phenols is 1. The largest absolute Gasteiger partial charge is 0.504 e. The predicted octanol–water partition coefficient (Wildman–Crippen LogP) is 2.55. The molecule has 1 heterocycles. The Morgan fingerprint density at radius 1 is 1.53 bits per heavy atom.